The van der Waals surface area contributed by atoms with Crippen molar-refractivity contribution in [1.29, 1.82) is 5.41 Å². The quantitative estimate of drug-likeness (QED) is 0.193. The minimum atomic E-state index is -0.407. The molecule has 4 rings (SSSR count). The van der Waals surface area contributed by atoms with E-state index in [-0.39, 0.29) is 0 Å². The van der Waals surface area contributed by atoms with Gasteiger partial charge in [0.05, 0.1) is 18.0 Å². The minimum Gasteiger partial charge on any atom is -0.465 e. The van der Waals surface area contributed by atoms with E-state index in [2.05, 4.69) is 22.6 Å². The normalized spacial score (nSPS) is 11.0. The topological polar surface area (TPSA) is 89.3 Å². The molecule has 2 aliphatic rings. The third-order valence-corrected chi connectivity index (χ3v) is 5.33. The summed E-state index contributed by atoms with van der Waals surface area (Å²) in [5.74, 6) is 0.156. The van der Waals surface area contributed by atoms with Gasteiger partial charge in [-0.25, -0.2) is 4.79 Å². The van der Waals surface area contributed by atoms with Gasteiger partial charge in [-0.3, -0.25) is 5.41 Å². The highest BCUT2D eigenvalue weighted by Crippen LogP contribution is 2.42. The summed E-state index contributed by atoms with van der Waals surface area (Å²) in [7, 11) is 1.37. The third-order valence-electron chi connectivity index (χ3n) is 4.44. The van der Waals surface area contributed by atoms with E-state index in [1.165, 1.54) is 7.11 Å². The van der Waals surface area contributed by atoms with Gasteiger partial charge in [-0.15, -0.1) is 0 Å². The maximum absolute atomic E-state index is 12.4. The van der Waals surface area contributed by atoms with Gasteiger partial charge in [0.15, 0.2) is 0 Å². The molecule has 1 heterocycles. The van der Waals surface area contributed by atoms with Crippen LogP contribution in [0.25, 0.3) is 33.4 Å². The number of rotatable bonds is 2. The molecular weight excluding hydrogens is 455 g/mol. The summed E-state index contributed by atoms with van der Waals surface area (Å²) in [5, 5.41) is 9.31. The number of carbonyl (C=O) groups is 1. The lowest BCUT2D eigenvalue weighted by molar-refractivity contribution is 0.0601. The van der Waals surface area contributed by atoms with Crippen LogP contribution in [0.2, 0.25) is 0 Å². The molecule has 134 valence electrons. The number of nitrogen functional groups attached to an aromatic ring is 1. The first-order valence-corrected chi connectivity index (χ1v) is 9.25. The molecule has 0 fully saturated rings. The molecule has 1 aliphatic carbocycles. The van der Waals surface area contributed by atoms with Crippen LogP contribution < -0.4 is 11.1 Å². The molecular formula is C21H15IN2O3. The highest BCUT2D eigenvalue weighted by atomic mass is 127. The van der Waals surface area contributed by atoms with Crippen molar-refractivity contribution in [3.05, 3.63) is 69.1 Å². The first kappa shape index (κ1) is 17.5. The van der Waals surface area contributed by atoms with Gasteiger partial charge in [0, 0.05) is 37.9 Å². The summed E-state index contributed by atoms with van der Waals surface area (Å²) in [6, 6.07) is 16.3. The van der Waals surface area contributed by atoms with Gasteiger partial charge in [0.1, 0.15) is 11.3 Å². The molecule has 0 saturated carbocycles. The van der Waals surface area contributed by atoms with Crippen LogP contribution in [0.3, 0.4) is 0 Å². The number of anilines is 1. The highest BCUT2D eigenvalue weighted by molar-refractivity contribution is 14.1. The number of esters is 1. The summed E-state index contributed by atoms with van der Waals surface area (Å²) < 4.78 is 11.8. The molecule has 0 saturated heterocycles. The average Bonchev–Trinajstić information content (AvgIpc) is 2.67. The fourth-order valence-electron chi connectivity index (χ4n) is 3.21. The summed E-state index contributed by atoms with van der Waals surface area (Å²) in [6.45, 7) is 0. The second-order valence-corrected chi connectivity index (χ2v) is 7.26. The standard InChI is InChI=1S/C21H15IN2O3/c1-26-21(25)13-5-3-2-4-12(13)20-14-7-6-11(23)8-18(14)27-19-10-17(24)16(22)9-15(19)20/h2-10,24H,23H2,1H3. The molecule has 0 unspecified atom stereocenters. The van der Waals surface area contributed by atoms with Crippen LogP contribution in [-0.2, 0) is 4.74 Å². The van der Waals surface area contributed by atoms with Crippen LogP contribution in [0.5, 0.6) is 0 Å². The molecule has 0 bridgehead atoms. The maximum atomic E-state index is 12.4. The van der Waals surface area contributed by atoms with E-state index >= 15 is 0 Å². The molecule has 0 atom stereocenters. The second kappa shape index (κ2) is 6.70. The van der Waals surface area contributed by atoms with Crippen molar-refractivity contribution in [2.24, 2.45) is 0 Å². The molecule has 3 N–H and O–H groups in total. The number of carbonyl (C=O) groups excluding carboxylic acids is 1. The van der Waals surface area contributed by atoms with E-state index in [1.54, 1.807) is 30.3 Å². The summed E-state index contributed by atoms with van der Waals surface area (Å²) >= 11 is 2.13. The Labute approximate surface area is 168 Å². The highest BCUT2D eigenvalue weighted by Gasteiger charge is 2.22. The van der Waals surface area contributed by atoms with Crippen molar-refractivity contribution >= 4 is 45.2 Å². The van der Waals surface area contributed by atoms with Crippen molar-refractivity contribution in [3.8, 4) is 22.5 Å². The Balaban J connectivity index is 2.21. The van der Waals surface area contributed by atoms with Gasteiger partial charge in [0.25, 0.3) is 0 Å². The van der Waals surface area contributed by atoms with E-state index in [4.69, 9.17) is 20.3 Å². The molecule has 0 aromatic heterocycles. The Morgan fingerprint density at radius 2 is 1.89 bits per heavy atom. The lowest BCUT2D eigenvalue weighted by Crippen LogP contribution is -2.07. The lowest BCUT2D eigenvalue weighted by atomic mass is 9.91. The van der Waals surface area contributed by atoms with Crippen LogP contribution in [-0.4, -0.2) is 13.1 Å². The summed E-state index contributed by atoms with van der Waals surface area (Å²) in [4.78, 5) is 12.4. The lowest BCUT2D eigenvalue weighted by Gasteiger charge is -2.17. The fourth-order valence-corrected chi connectivity index (χ4v) is 3.67. The molecule has 27 heavy (non-hydrogen) atoms. The Morgan fingerprint density at radius 1 is 1.11 bits per heavy atom. The molecule has 0 radical (unpaired) electrons. The Morgan fingerprint density at radius 3 is 2.67 bits per heavy atom. The summed E-state index contributed by atoms with van der Waals surface area (Å²) in [5.41, 5.74) is 10.00. The number of halogens is 1. The van der Waals surface area contributed by atoms with Crippen molar-refractivity contribution in [1.82, 2.24) is 0 Å². The van der Waals surface area contributed by atoms with Crippen molar-refractivity contribution in [2.75, 3.05) is 12.8 Å². The van der Waals surface area contributed by atoms with Crippen LogP contribution in [0, 0.1) is 8.98 Å². The number of fused-ring (bicyclic) bond motifs is 2. The zero-order valence-electron chi connectivity index (χ0n) is 14.4. The molecule has 0 amide bonds. The number of benzene rings is 3. The van der Waals surface area contributed by atoms with Crippen LogP contribution in [0.4, 0.5) is 5.69 Å². The molecule has 2 aromatic rings. The molecule has 0 spiro atoms. The van der Waals surface area contributed by atoms with Gasteiger partial charge < -0.3 is 14.9 Å². The van der Waals surface area contributed by atoms with E-state index in [9.17, 15) is 4.79 Å². The van der Waals surface area contributed by atoms with E-state index in [0.29, 0.717) is 28.0 Å². The van der Waals surface area contributed by atoms with Gasteiger partial charge in [-0.05, 0) is 52.4 Å². The first-order valence-electron chi connectivity index (χ1n) is 8.17. The van der Waals surface area contributed by atoms with E-state index in [0.717, 1.165) is 25.6 Å². The van der Waals surface area contributed by atoms with Gasteiger partial charge in [-0.2, -0.15) is 0 Å². The molecule has 5 nitrogen and oxygen atoms in total. The van der Waals surface area contributed by atoms with Gasteiger partial charge >= 0.3 is 5.97 Å². The molecule has 2 aromatic carbocycles. The average molecular weight is 470 g/mol. The van der Waals surface area contributed by atoms with Crippen LogP contribution >= 0.6 is 22.6 Å². The van der Waals surface area contributed by atoms with Crippen molar-refractivity contribution in [3.63, 3.8) is 0 Å². The van der Waals surface area contributed by atoms with Gasteiger partial charge in [-0.1, -0.05) is 18.2 Å². The number of ether oxygens (including phenoxy) is 1. The minimum absolute atomic E-state index is 0.377. The zero-order chi connectivity index (χ0) is 19.1. The largest absolute Gasteiger partial charge is 0.465 e. The van der Waals surface area contributed by atoms with Gasteiger partial charge in [0.2, 0.25) is 0 Å². The summed E-state index contributed by atoms with van der Waals surface area (Å²) in [6.07, 6.45) is 0. The van der Waals surface area contributed by atoms with Crippen molar-refractivity contribution < 1.29 is 13.9 Å². The van der Waals surface area contributed by atoms with E-state index < -0.39 is 5.97 Å². The second-order valence-electron chi connectivity index (χ2n) is 6.10. The molecule has 6 heteroatoms. The molecule has 1 aliphatic heterocycles. The first-order chi connectivity index (χ1) is 13.0. The SMILES string of the molecule is COC(=O)c1ccccc1-c1c2cc(I)c(=N)cc-2oc2cc(N)ccc12. The maximum Gasteiger partial charge on any atom is 0.338 e. The Kier molecular flexibility index (Phi) is 4.35. The van der Waals surface area contributed by atoms with Crippen LogP contribution in [0.1, 0.15) is 10.4 Å². The number of hydrogen-bond donors (Lipinski definition) is 2. The predicted octanol–water partition coefficient (Wildman–Crippen LogP) is 4.66. The number of nitrogens with one attached hydrogen (secondary N) is 1. The predicted molar refractivity (Wildman–Crippen MR) is 113 cm³/mol. The number of nitrogens with two attached hydrogens (primary N) is 1. The Bertz CT molecular complexity index is 1230. The monoisotopic (exact) mass is 470 g/mol. The third kappa shape index (κ3) is 2.95. The smallest absolute Gasteiger partial charge is 0.338 e. The van der Waals surface area contributed by atoms with E-state index in [1.807, 2.05) is 24.3 Å². The van der Waals surface area contributed by atoms with Crippen LogP contribution in [0.15, 0.2) is 59.0 Å². The van der Waals surface area contributed by atoms with Crippen molar-refractivity contribution in [2.45, 2.75) is 0 Å². The fraction of sp³-hybridized carbons (Fsp3) is 0.0476. The number of hydrogen-bond acceptors (Lipinski definition) is 5. The number of methoxy groups -OCH3 is 1. The Hall–Kier alpha value is -2.87. The zero-order valence-corrected chi connectivity index (χ0v) is 16.5.